The first-order chi connectivity index (χ1) is 12.5. The van der Waals surface area contributed by atoms with E-state index in [1.54, 1.807) is 14.2 Å². The summed E-state index contributed by atoms with van der Waals surface area (Å²) in [6, 6.07) is 9.66. The second kappa shape index (κ2) is 9.80. The Bertz CT molecular complexity index is 715. The highest BCUT2D eigenvalue weighted by Crippen LogP contribution is 2.32. The highest BCUT2D eigenvalue weighted by atomic mass is 16.5. The number of methoxy groups -OCH3 is 2. The van der Waals surface area contributed by atoms with Crippen LogP contribution < -0.4 is 24.7 Å². The van der Waals surface area contributed by atoms with Crippen LogP contribution in [0.5, 0.6) is 23.0 Å². The number of unbranched alkanes of at least 4 members (excludes halogenated alkanes) is 2. The lowest BCUT2D eigenvalue weighted by atomic mass is 10.2. The van der Waals surface area contributed by atoms with Gasteiger partial charge in [-0.25, -0.2) is 0 Å². The van der Waals surface area contributed by atoms with Crippen LogP contribution in [-0.2, 0) is 0 Å². The van der Waals surface area contributed by atoms with Gasteiger partial charge in [-0.2, -0.15) is 0 Å². The van der Waals surface area contributed by atoms with E-state index in [1.165, 1.54) is 0 Å². The van der Waals surface area contributed by atoms with Gasteiger partial charge in [0.2, 0.25) is 0 Å². The van der Waals surface area contributed by atoms with E-state index in [4.69, 9.17) is 24.7 Å². The highest BCUT2D eigenvalue weighted by molar-refractivity contribution is 5.57. The van der Waals surface area contributed by atoms with Gasteiger partial charge >= 0.3 is 0 Å². The van der Waals surface area contributed by atoms with Crippen molar-refractivity contribution in [2.75, 3.05) is 33.2 Å². The molecular weight excluding hydrogens is 330 g/mol. The molecule has 2 aromatic carbocycles. The molecule has 0 saturated heterocycles. The molecule has 0 radical (unpaired) electrons. The number of hydrogen-bond acceptors (Lipinski definition) is 5. The van der Waals surface area contributed by atoms with E-state index >= 15 is 0 Å². The maximum atomic E-state index is 5.94. The van der Waals surface area contributed by atoms with Crippen molar-refractivity contribution in [2.24, 2.45) is 0 Å². The maximum Gasteiger partial charge on any atom is 0.163 e. The molecule has 0 atom stereocenters. The Morgan fingerprint density at radius 3 is 2.00 bits per heavy atom. The van der Waals surface area contributed by atoms with Gasteiger partial charge in [0.15, 0.2) is 23.0 Å². The minimum Gasteiger partial charge on any atom is -0.493 e. The lowest BCUT2D eigenvalue weighted by molar-refractivity contribution is 0.264. The molecule has 0 fully saturated rings. The van der Waals surface area contributed by atoms with Crippen LogP contribution in [0.25, 0.3) is 0 Å². The predicted molar refractivity (Wildman–Crippen MR) is 105 cm³/mol. The van der Waals surface area contributed by atoms with Crippen LogP contribution in [0.3, 0.4) is 0 Å². The third kappa shape index (κ3) is 5.48. The van der Waals surface area contributed by atoms with Crippen LogP contribution >= 0.6 is 0 Å². The molecule has 0 spiro atoms. The lowest BCUT2D eigenvalue weighted by Gasteiger charge is -2.13. The summed E-state index contributed by atoms with van der Waals surface area (Å²) in [5, 5.41) is 0. The van der Waals surface area contributed by atoms with Crippen molar-refractivity contribution >= 4 is 5.69 Å². The van der Waals surface area contributed by atoms with Gasteiger partial charge in [0.05, 0.1) is 27.4 Å². The second-order valence-electron chi connectivity index (χ2n) is 6.27. The number of aryl methyl sites for hydroxylation is 2. The van der Waals surface area contributed by atoms with E-state index in [1.807, 2.05) is 44.2 Å². The number of anilines is 1. The van der Waals surface area contributed by atoms with Crippen LogP contribution in [0, 0.1) is 13.8 Å². The monoisotopic (exact) mass is 359 g/mol. The van der Waals surface area contributed by atoms with Crippen molar-refractivity contribution < 1.29 is 18.9 Å². The van der Waals surface area contributed by atoms with Gasteiger partial charge < -0.3 is 24.7 Å². The fourth-order valence-electron chi connectivity index (χ4n) is 2.59. The third-order valence-electron chi connectivity index (χ3n) is 4.18. The molecule has 0 bridgehead atoms. The zero-order chi connectivity index (χ0) is 18.9. The Labute approximate surface area is 156 Å². The van der Waals surface area contributed by atoms with E-state index < -0.39 is 0 Å². The summed E-state index contributed by atoms with van der Waals surface area (Å²) in [5.41, 5.74) is 8.79. The number of rotatable bonds is 10. The summed E-state index contributed by atoms with van der Waals surface area (Å²) >= 11 is 0. The van der Waals surface area contributed by atoms with Crippen molar-refractivity contribution in [1.82, 2.24) is 0 Å². The first kappa shape index (κ1) is 19.8. The van der Waals surface area contributed by atoms with Crippen LogP contribution in [0.15, 0.2) is 30.3 Å². The third-order valence-corrected chi connectivity index (χ3v) is 4.18. The standard InChI is InChI=1S/C21H29NO4/c1-15-8-9-18(19(12-15)23-3)25-10-6-5-7-11-26-21-14-17(22)16(2)13-20(21)24-4/h8-9,12-14H,5-7,10-11,22H2,1-4H3. The Balaban J connectivity index is 1.70. The fourth-order valence-corrected chi connectivity index (χ4v) is 2.59. The molecule has 0 unspecified atom stereocenters. The summed E-state index contributed by atoms with van der Waals surface area (Å²) in [6.45, 7) is 5.25. The number of benzene rings is 2. The Morgan fingerprint density at radius 1 is 0.731 bits per heavy atom. The summed E-state index contributed by atoms with van der Waals surface area (Å²) in [4.78, 5) is 0. The van der Waals surface area contributed by atoms with Gasteiger partial charge in [-0.3, -0.25) is 0 Å². The number of nitrogens with two attached hydrogens (primary N) is 1. The van der Waals surface area contributed by atoms with E-state index in [9.17, 15) is 0 Å². The average molecular weight is 359 g/mol. The van der Waals surface area contributed by atoms with Crippen molar-refractivity contribution in [3.05, 3.63) is 41.5 Å². The summed E-state index contributed by atoms with van der Waals surface area (Å²) in [7, 11) is 3.29. The molecule has 2 rings (SSSR count). The van der Waals surface area contributed by atoms with Crippen LogP contribution in [-0.4, -0.2) is 27.4 Å². The zero-order valence-electron chi connectivity index (χ0n) is 16.1. The van der Waals surface area contributed by atoms with Crippen molar-refractivity contribution in [3.8, 4) is 23.0 Å². The largest absolute Gasteiger partial charge is 0.493 e. The number of hydrogen-bond donors (Lipinski definition) is 1. The molecule has 0 aromatic heterocycles. The van der Waals surface area contributed by atoms with E-state index in [0.29, 0.717) is 30.4 Å². The van der Waals surface area contributed by atoms with Crippen molar-refractivity contribution in [3.63, 3.8) is 0 Å². The first-order valence-corrected chi connectivity index (χ1v) is 8.89. The number of ether oxygens (including phenoxy) is 4. The first-order valence-electron chi connectivity index (χ1n) is 8.89. The minimum absolute atomic E-state index is 0.618. The van der Waals surface area contributed by atoms with Gasteiger partial charge in [0.25, 0.3) is 0 Å². The van der Waals surface area contributed by atoms with Gasteiger partial charge in [0, 0.05) is 11.8 Å². The average Bonchev–Trinajstić information content (AvgIpc) is 2.64. The maximum absolute atomic E-state index is 5.94. The van der Waals surface area contributed by atoms with Crippen molar-refractivity contribution in [2.45, 2.75) is 33.1 Å². The molecule has 5 heteroatoms. The van der Waals surface area contributed by atoms with E-state index in [0.717, 1.165) is 41.9 Å². The molecule has 142 valence electrons. The molecule has 2 aromatic rings. The molecule has 0 aliphatic carbocycles. The second-order valence-corrected chi connectivity index (χ2v) is 6.27. The fraction of sp³-hybridized carbons (Fsp3) is 0.429. The Kier molecular flexibility index (Phi) is 7.45. The van der Waals surface area contributed by atoms with Crippen LogP contribution in [0.4, 0.5) is 5.69 Å². The smallest absolute Gasteiger partial charge is 0.163 e. The summed E-state index contributed by atoms with van der Waals surface area (Å²) in [6.07, 6.45) is 2.90. The topological polar surface area (TPSA) is 62.9 Å². The highest BCUT2D eigenvalue weighted by Gasteiger charge is 2.08. The molecule has 2 N–H and O–H groups in total. The molecule has 0 heterocycles. The van der Waals surface area contributed by atoms with Gasteiger partial charge in [-0.1, -0.05) is 6.07 Å². The predicted octanol–water partition coefficient (Wildman–Crippen LogP) is 4.53. The SMILES string of the molecule is COc1cc(C)ccc1OCCCCCOc1cc(N)c(C)cc1OC. The van der Waals surface area contributed by atoms with Gasteiger partial charge in [0.1, 0.15) is 0 Å². The summed E-state index contributed by atoms with van der Waals surface area (Å²) in [5.74, 6) is 2.97. The molecule has 0 aliphatic heterocycles. The molecule has 26 heavy (non-hydrogen) atoms. The lowest BCUT2D eigenvalue weighted by Crippen LogP contribution is -2.03. The zero-order valence-corrected chi connectivity index (χ0v) is 16.1. The van der Waals surface area contributed by atoms with Gasteiger partial charge in [-0.05, 0) is 62.4 Å². The van der Waals surface area contributed by atoms with E-state index in [-0.39, 0.29) is 0 Å². The van der Waals surface area contributed by atoms with E-state index in [2.05, 4.69) is 0 Å². The van der Waals surface area contributed by atoms with Crippen LogP contribution in [0.1, 0.15) is 30.4 Å². The molecular formula is C21H29NO4. The molecule has 0 aliphatic rings. The molecule has 5 nitrogen and oxygen atoms in total. The number of nitrogen functional groups attached to an aromatic ring is 1. The molecule has 0 amide bonds. The molecule has 0 saturated carbocycles. The minimum atomic E-state index is 0.618. The van der Waals surface area contributed by atoms with Gasteiger partial charge in [-0.15, -0.1) is 0 Å². The quantitative estimate of drug-likeness (QED) is 0.499. The Hall–Kier alpha value is -2.56. The Morgan fingerprint density at radius 2 is 1.35 bits per heavy atom. The normalized spacial score (nSPS) is 10.5. The van der Waals surface area contributed by atoms with Crippen molar-refractivity contribution in [1.29, 1.82) is 0 Å². The van der Waals surface area contributed by atoms with Crippen LogP contribution in [0.2, 0.25) is 0 Å². The summed E-state index contributed by atoms with van der Waals surface area (Å²) < 4.78 is 22.3.